The molecule has 0 atom stereocenters. The lowest BCUT2D eigenvalue weighted by atomic mass is 9.73. The van der Waals surface area contributed by atoms with Gasteiger partial charge >= 0.3 is 0 Å². The zero-order chi connectivity index (χ0) is 24.0. The molecule has 4 rings (SSSR count). The molecule has 1 spiro atoms. The summed E-state index contributed by atoms with van der Waals surface area (Å²) in [6.07, 6.45) is 9.95. The summed E-state index contributed by atoms with van der Waals surface area (Å²) >= 11 is 0. The summed E-state index contributed by atoms with van der Waals surface area (Å²) in [6.45, 7) is 11.9. The van der Waals surface area contributed by atoms with Gasteiger partial charge in [-0.15, -0.1) is 0 Å². The Kier molecular flexibility index (Phi) is 8.19. The van der Waals surface area contributed by atoms with Crippen LogP contribution in [0.15, 0.2) is 36.8 Å². The monoisotopic (exact) mass is 464 g/mol. The fourth-order valence-corrected chi connectivity index (χ4v) is 5.62. The number of carbonyl (C=O) groups excluding carboxylic acids is 1. The van der Waals surface area contributed by atoms with Crippen LogP contribution < -0.4 is 4.74 Å². The van der Waals surface area contributed by atoms with Crippen molar-refractivity contribution in [1.82, 2.24) is 19.8 Å². The second-order valence-electron chi connectivity index (χ2n) is 10.6. The lowest BCUT2D eigenvalue weighted by Crippen LogP contribution is -2.49. The largest absolute Gasteiger partial charge is 0.492 e. The molecule has 184 valence electrons. The second kappa shape index (κ2) is 11.3. The van der Waals surface area contributed by atoms with Crippen LogP contribution in [0.2, 0.25) is 0 Å². The van der Waals surface area contributed by atoms with Crippen molar-refractivity contribution >= 4 is 5.91 Å². The minimum absolute atomic E-state index is 0.0742. The van der Waals surface area contributed by atoms with Crippen molar-refractivity contribution in [2.24, 2.45) is 11.3 Å². The number of likely N-dealkylation sites (tertiary alicyclic amines) is 1. The van der Waals surface area contributed by atoms with Crippen molar-refractivity contribution in [1.29, 1.82) is 0 Å². The summed E-state index contributed by atoms with van der Waals surface area (Å²) in [4.78, 5) is 26.1. The van der Waals surface area contributed by atoms with Gasteiger partial charge in [-0.2, -0.15) is 0 Å². The van der Waals surface area contributed by atoms with E-state index in [-0.39, 0.29) is 11.3 Å². The maximum atomic E-state index is 13.1. The second-order valence-corrected chi connectivity index (χ2v) is 10.6. The van der Waals surface area contributed by atoms with Gasteiger partial charge in [-0.25, -0.2) is 9.97 Å². The maximum absolute atomic E-state index is 13.1. The fraction of sp³-hybridized carbons (Fsp3) is 0.607. The van der Waals surface area contributed by atoms with Gasteiger partial charge in [-0.3, -0.25) is 9.69 Å². The molecule has 1 fully saturated rings. The molecule has 0 aliphatic carbocycles. The van der Waals surface area contributed by atoms with Crippen LogP contribution in [0.25, 0.3) is 0 Å². The number of benzene rings is 1. The van der Waals surface area contributed by atoms with Gasteiger partial charge in [0, 0.05) is 38.9 Å². The van der Waals surface area contributed by atoms with Gasteiger partial charge < -0.3 is 9.64 Å². The minimum atomic E-state index is 0.0742. The molecular weight excluding hydrogens is 424 g/mol. The molecule has 6 nitrogen and oxygen atoms in total. The highest BCUT2D eigenvalue weighted by Gasteiger charge is 2.37. The summed E-state index contributed by atoms with van der Waals surface area (Å²) in [5, 5.41) is 0. The Balaban J connectivity index is 1.47. The molecule has 2 aromatic rings. The topological polar surface area (TPSA) is 58.6 Å². The number of carbonyl (C=O) groups is 1. The third-order valence-corrected chi connectivity index (χ3v) is 7.48. The van der Waals surface area contributed by atoms with Gasteiger partial charge in [0.25, 0.3) is 5.91 Å². The number of hydrogen-bond donors (Lipinski definition) is 0. The number of rotatable bonds is 3. The molecule has 0 saturated carbocycles. The van der Waals surface area contributed by atoms with E-state index in [1.54, 1.807) is 6.20 Å². The number of hydrogen-bond acceptors (Lipinski definition) is 5. The Morgan fingerprint density at radius 2 is 1.91 bits per heavy atom. The molecule has 34 heavy (non-hydrogen) atoms. The molecule has 0 unspecified atom stereocenters. The van der Waals surface area contributed by atoms with Crippen LogP contribution >= 0.6 is 0 Å². The van der Waals surface area contributed by atoms with Gasteiger partial charge in [-0.05, 0) is 62.0 Å². The van der Waals surface area contributed by atoms with Crippen molar-refractivity contribution in [2.75, 3.05) is 39.3 Å². The van der Waals surface area contributed by atoms with E-state index < -0.39 is 0 Å². The highest BCUT2D eigenvalue weighted by molar-refractivity contribution is 5.94. The van der Waals surface area contributed by atoms with Crippen LogP contribution in [0.3, 0.4) is 0 Å². The minimum Gasteiger partial charge on any atom is -0.492 e. The molecule has 1 aromatic carbocycles. The van der Waals surface area contributed by atoms with Crippen LogP contribution in [0, 0.1) is 18.3 Å². The third-order valence-electron chi connectivity index (χ3n) is 7.48. The first-order valence-corrected chi connectivity index (χ1v) is 12.9. The summed E-state index contributed by atoms with van der Waals surface area (Å²) in [6, 6.07) is 8.51. The number of ether oxygens (including phenoxy) is 1. The van der Waals surface area contributed by atoms with Gasteiger partial charge in [-0.1, -0.05) is 38.5 Å². The van der Waals surface area contributed by atoms with Crippen molar-refractivity contribution in [3.63, 3.8) is 0 Å². The number of nitrogens with zero attached hydrogens (tertiary/aromatic N) is 4. The molecule has 2 aliphatic heterocycles. The molecule has 0 N–H and O–H groups in total. The average molecular weight is 465 g/mol. The number of para-hydroxylation sites is 1. The van der Waals surface area contributed by atoms with Gasteiger partial charge in [0.1, 0.15) is 18.7 Å². The quantitative estimate of drug-likeness (QED) is 0.655. The summed E-state index contributed by atoms with van der Waals surface area (Å²) < 4.78 is 6.25. The van der Waals surface area contributed by atoms with Crippen molar-refractivity contribution in [3.05, 3.63) is 53.6 Å². The van der Waals surface area contributed by atoms with Crippen molar-refractivity contribution in [2.45, 2.75) is 59.3 Å². The SMILES string of the molecule is Cc1ncncc1C(=O)N1CCC2(CCCCc3ccccc3OCCN(CC(C)C)C2)CC1. The van der Waals surface area contributed by atoms with Crippen LogP contribution in [0.1, 0.15) is 67.6 Å². The van der Waals surface area contributed by atoms with Gasteiger partial charge in [0.2, 0.25) is 0 Å². The van der Waals surface area contributed by atoms with E-state index in [4.69, 9.17) is 4.74 Å². The van der Waals surface area contributed by atoms with Gasteiger partial charge in [0.15, 0.2) is 0 Å². The summed E-state index contributed by atoms with van der Waals surface area (Å²) in [5.41, 5.74) is 2.98. The van der Waals surface area contributed by atoms with Crippen molar-refractivity contribution < 1.29 is 9.53 Å². The normalized spacial score (nSPS) is 19.7. The van der Waals surface area contributed by atoms with E-state index in [0.29, 0.717) is 11.5 Å². The standard InChI is InChI=1S/C28H40N4O2/c1-22(2)19-31-16-17-34-26-10-5-4-8-24(26)9-6-7-11-28(20-31)12-14-32(15-13-28)27(33)25-18-29-21-30-23(25)3/h4-5,8,10,18,21-22H,6-7,9,11-17,19-20H2,1-3H3. The van der Waals surface area contributed by atoms with E-state index in [9.17, 15) is 4.79 Å². The predicted octanol–water partition coefficient (Wildman–Crippen LogP) is 4.77. The highest BCUT2D eigenvalue weighted by atomic mass is 16.5. The number of aryl methyl sites for hydroxylation is 2. The molecule has 3 heterocycles. The number of piperidine rings is 1. The number of aromatic nitrogens is 2. The van der Waals surface area contributed by atoms with E-state index in [2.05, 4.69) is 53.0 Å². The third kappa shape index (κ3) is 6.15. The Hall–Kier alpha value is -2.47. The Labute approximate surface area is 204 Å². The van der Waals surface area contributed by atoms with E-state index in [1.165, 1.54) is 31.2 Å². The van der Waals surface area contributed by atoms with Crippen LogP contribution in [-0.2, 0) is 6.42 Å². The van der Waals surface area contributed by atoms with Gasteiger partial charge in [0.05, 0.1) is 11.3 Å². The van der Waals surface area contributed by atoms with Crippen LogP contribution in [0.5, 0.6) is 5.75 Å². The molecule has 6 heteroatoms. The zero-order valence-electron chi connectivity index (χ0n) is 21.1. The van der Waals surface area contributed by atoms with E-state index in [1.807, 2.05) is 11.8 Å². The fourth-order valence-electron chi connectivity index (χ4n) is 5.62. The molecule has 2 aliphatic rings. The Bertz CT molecular complexity index is 953. The van der Waals surface area contributed by atoms with Crippen LogP contribution in [-0.4, -0.2) is 65.0 Å². The lowest BCUT2D eigenvalue weighted by Gasteiger charge is -2.45. The zero-order valence-corrected chi connectivity index (χ0v) is 21.1. The van der Waals surface area contributed by atoms with E-state index in [0.717, 1.165) is 70.0 Å². The predicted molar refractivity (Wildman–Crippen MR) is 135 cm³/mol. The molecule has 0 radical (unpaired) electrons. The Morgan fingerprint density at radius 3 is 2.68 bits per heavy atom. The Morgan fingerprint density at radius 1 is 1.12 bits per heavy atom. The first kappa shape index (κ1) is 24.6. The highest BCUT2D eigenvalue weighted by Crippen LogP contribution is 2.39. The van der Waals surface area contributed by atoms with Crippen LogP contribution in [0.4, 0.5) is 0 Å². The number of amides is 1. The summed E-state index contributed by atoms with van der Waals surface area (Å²) in [5.74, 6) is 1.74. The first-order chi connectivity index (χ1) is 16.5. The molecule has 1 amide bonds. The molecule has 1 aromatic heterocycles. The first-order valence-electron chi connectivity index (χ1n) is 12.9. The van der Waals surface area contributed by atoms with Crippen molar-refractivity contribution in [3.8, 4) is 5.75 Å². The molecular formula is C28H40N4O2. The smallest absolute Gasteiger partial charge is 0.257 e. The molecule has 1 saturated heterocycles. The lowest BCUT2D eigenvalue weighted by molar-refractivity contribution is 0.0354. The molecule has 0 bridgehead atoms. The summed E-state index contributed by atoms with van der Waals surface area (Å²) in [7, 11) is 0. The maximum Gasteiger partial charge on any atom is 0.257 e. The average Bonchev–Trinajstić information content (AvgIpc) is 2.82. The van der Waals surface area contributed by atoms with E-state index >= 15 is 0 Å². The number of fused-ring (bicyclic) bond motifs is 1.